The standard InChI is InChI=1S/C17H16FN5O3/c1-11(24)20-9-13-10-23(17(25)26-13)12-2-3-14(15(18)8-12)16-4-6-22(21-16)7-5-19/h2-4,6,8,13H,7,9-10H2,1H3,(H,20,24)/t13-/m0/s1. The first kappa shape index (κ1) is 17.4. The molecule has 8 nitrogen and oxygen atoms in total. The molecule has 1 aromatic carbocycles. The van der Waals surface area contributed by atoms with E-state index in [9.17, 15) is 14.0 Å². The Bertz CT molecular complexity index is 889. The summed E-state index contributed by atoms with van der Waals surface area (Å²) in [5.41, 5.74) is 1.03. The van der Waals surface area contributed by atoms with Crippen molar-refractivity contribution < 1.29 is 18.7 Å². The van der Waals surface area contributed by atoms with Gasteiger partial charge in [-0.2, -0.15) is 10.4 Å². The van der Waals surface area contributed by atoms with Gasteiger partial charge >= 0.3 is 6.09 Å². The van der Waals surface area contributed by atoms with Crippen molar-refractivity contribution in [3.63, 3.8) is 0 Å². The summed E-state index contributed by atoms with van der Waals surface area (Å²) in [6, 6.07) is 7.94. The highest BCUT2D eigenvalue weighted by atomic mass is 19.1. The van der Waals surface area contributed by atoms with Gasteiger partial charge in [0.25, 0.3) is 0 Å². The lowest BCUT2D eigenvalue weighted by Crippen LogP contribution is -2.33. The molecule has 0 bridgehead atoms. The van der Waals surface area contributed by atoms with Gasteiger partial charge < -0.3 is 10.1 Å². The highest BCUT2D eigenvalue weighted by molar-refractivity contribution is 5.90. The van der Waals surface area contributed by atoms with E-state index in [0.717, 1.165) is 0 Å². The molecule has 9 heteroatoms. The monoisotopic (exact) mass is 357 g/mol. The van der Waals surface area contributed by atoms with Crippen LogP contribution >= 0.6 is 0 Å². The highest BCUT2D eigenvalue weighted by Gasteiger charge is 2.32. The largest absolute Gasteiger partial charge is 0.442 e. The normalized spacial score (nSPS) is 16.3. The number of cyclic esters (lactones) is 1. The smallest absolute Gasteiger partial charge is 0.414 e. The Morgan fingerprint density at radius 1 is 1.50 bits per heavy atom. The molecule has 0 radical (unpaired) electrons. The van der Waals surface area contributed by atoms with Gasteiger partial charge in [0.1, 0.15) is 18.5 Å². The van der Waals surface area contributed by atoms with Crippen LogP contribution in [0.3, 0.4) is 0 Å². The van der Waals surface area contributed by atoms with Crippen LogP contribution < -0.4 is 10.2 Å². The van der Waals surface area contributed by atoms with E-state index in [0.29, 0.717) is 11.4 Å². The number of rotatable bonds is 5. The molecule has 26 heavy (non-hydrogen) atoms. The number of nitriles is 1. The minimum atomic E-state index is -0.592. The molecular weight excluding hydrogens is 341 g/mol. The highest BCUT2D eigenvalue weighted by Crippen LogP contribution is 2.28. The average Bonchev–Trinajstić information content (AvgIpc) is 3.20. The zero-order valence-electron chi connectivity index (χ0n) is 14.0. The number of anilines is 1. The van der Waals surface area contributed by atoms with Gasteiger partial charge in [-0.1, -0.05) is 0 Å². The third-order valence-electron chi connectivity index (χ3n) is 3.87. The molecule has 1 aliphatic heterocycles. The quantitative estimate of drug-likeness (QED) is 0.877. The fraction of sp³-hybridized carbons (Fsp3) is 0.294. The average molecular weight is 357 g/mol. The summed E-state index contributed by atoms with van der Waals surface area (Å²) in [6.45, 7) is 1.87. The van der Waals surface area contributed by atoms with Crippen LogP contribution in [0.25, 0.3) is 11.3 Å². The molecule has 0 unspecified atom stereocenters. The van der Waals surface area contributed by atoms with Gasteiger partial charge in [-0.3, -0.25) is 14.4 Å². The summed E-state index contributed by atoms with van der Waals surface area (Å²) < 4.78 is 21.1. The fourth-order valence-corrected chi connectivity index (χ4v) is 2.64. The van der Waals surface area contributed by atoms with E-state index < -0.39 is 18.0 Å². The number of aromatic nitrogens is 2. The molecule has 0 saturated carbocycles. The summed E-state index contributed by atoms with van der Waals surface area (Å²) in [6.07, 6.45) is 0.512. The number of carbonyl (C=O) groups excluding carboxylic acids is 2. The Morgan fingerprint density at radius 3 is 3.00 bits per heavy atom. The van der Waals surface area contributed by atoms with E-state index in [-0.39, 0.29) is 31.1 Å². The van der Waals surface area contributed by atoms with Gasteiger partial charge in [0, 0.05) is 18.7 Å². The number of carbonyl (C=O) groups is 2. The third kappa shape index (κ3) is 3.64. The molecule has 1 saturated heterocycles. The van der Waals surface area contributed by atoms with Crippen LogP contribution in [-0.2, 0) is 16.1 Å². The lowest BCUT2D eigenvalue weighted by Gasteiger charge is -2.14. The maximum Gasteiger partial charge on any atom is 0.414 e. The van der Waals surface area contributed by atoms with E-state index in [2.05, 4.69) is 10.4 Å². The van der Waals surface area contributed by atoms with E-state index in [4.69, 9.17) is 10.00 Å². The van der Waals surface area contributed by atoms with Crippen LogP contribution in [0.1, 0.15) is 6.92 Å². The first-order chi connectivity index (χ1) is 12.5. The number of amides is 2. The van der Waals surface area contributed by atoms with E-state index in [1.807, 2.05) is 6.07 Å². The molecule has 0 spiro atoms. The number of hydrogen-bond donors (Lipinski definition) is 1. The van der Waals surface area contributed by atoms with Crippen LogP contribution in [0.4, 0.5) is 14.9 Å². The van der Waals surface area contributed by atoms with Crippen molar-refractivity contribution in [2.75, 3.05) is 18.0 Å². The third-order valence-corrected chi connectivity index (χ3v) is 3.87. The van der Waals surface area contributed by atoms with Crippen LogP contribution in [0.15, 0.2) is 30.5 Å². The Balaban J connectivity index is 1.76. The van der Waals surface area contributed by atoms with Crippen molar-refractivity contribution >= 4 is 17.7 Å². The molecule has 1 aromatic heterocycles. The van der Waals surface area contributed by atoms with Crippen molar-refractivity contribution in [2.24, 2.45) is 0 Å². The molecule has 1 fully saturated rings. The van der Waals surface area contributed by atoms with Crippen molar-refractivity contribution in [2.45, 2.75) is 19.6 Å². The zero-order valence-corrected chi connectivity index (χ0v) is 14.0. The number of benzene rings is 1. The summed E-state index contributed by atoms with van der Waals surface area (Å²) >= 11 is 0. The second-order valence-corrected chi connectivity index (χ2v) is 5.77. The molecule has 2 amide bonds. The van der Waals surface area contributed by atoms with E-state index in [1.165, 1.54) is 28.6 Å². The minimum absolute atomic E-state index is 0.0784. The Kier molecular flexibility index (Phi) is 4.84. The number of hydrogen-bond acceptors (Lipinski definition) is 5. The number of halogens is 1. The van der Waals surface area contributed by atoms with Gasteiger partial charge in [0.05, 0.1) is 30.5 Å². The number of nitrogens with one attached hydrogen (secondary N) is 1. The first-order valence-electron chi connectivity index (χ1n) is 7.91. The lowest BCUT2D eigenvalue weighted by molar-refractivity contribution is -0.119. The summed E-state index contributed by atoms with van der Waals surface area (Å²) in [5.74, 6) is -0.756. The number of nitrogens with zero attached hydrogens (tertiary/aromatic N) is 4. The SMILES string of the molecule is CC(=O)NC[C@H]1CN(c2ccc(-c3ccn(CC#N)n3)c(F)c2)C(=O)O1. The molecule has 0 aliphatic carbocycles. The predicted molar refractivity (Wildman–Crippen MR) is 89.5 cm³/mol. The summed E-state index contributed by atoms with van der Waals surface area (Å²) in [5, 5.41) is 15.4. The lowest BCUT2D eigenvalue weighted by atomic mass is 10.1. The van der Waals surface area contributed by atoms with Crippen molar-refractivity contribution in [3.8, 4) is 17.3 Å². The Labute approximate surface area is 148 Å². The predicted octanol–water partition coefficient (Wildman–Crippen LogP) is 1.67. The van der Waals surface area contributed by atoms with Crippen molar-refractivity contribution in [1.29, 1.82) is 5.26 Å². The Hall–Kier alpha value is -3.41. The van der Waals surface area contributed by atoms with Crippen LogP contribution in [0.5, 0.6) is 0 Å². The molecular formula is C17H16FN5O3. The molecule has 1 N–H and O–H groups in total. The second kappa shape index (κ2) is 7.23. The van der Waals surface area contributed by atoms with Crippen molar-refractivity contribution in [1.82, 2.24) is 15.1 Å². The van der Waals surface area contributed by atoms with Gasteiger partial charge in [-0.05, 0) is 24.3 Å². The molecule has 3 rings (SSSR count). The van der Waals surface area contributed by atoms with Crippen molar-refractivity contribution in [3.05, 3.63) is 36.3 Å². The summed E-state index contributed by atoms with van der Waals surface area (Å²) in [7, 11) is 0. The maximum atomic E-state index is 14.5. The second-order valence-electron chi connectivity index (χ2n) is 5.77. The van der Waals surface area contributed by atoms with Gasteiger partial charge in [0.2, 0.25) is 5.91 Å². The molecule has 134 valence electrons. The van der Waals surface area contributed by atoms with Crippen LogP contribution in [0, 0.1) is 17.1 Å². The molecule has 1 aliphatic rings. The minimum Gasteiger partial charge on any atom is -0.442 e. The van der Waals surface area contributed by atoms with Crippen LogP contribution in [0.2, 0.25) is 0 Å². The fourth-order valence-electron chi connectivity index (χ4n) is 2.64. The molecule has 2 aromatic rings. The first-order valence-corrected chi connectivity index (χ1v) is 7.91. The zero-order chi connectivity index (χ0) is 18.7. The van der Waals surface area contributed by atoms with Gasteiger partial charge in [-0.25, -0.2) is 9.18 Å². The van der Waals surface area contributed by atoms with Gasteiger partial charge in [0.15, 0.2) is 0 Å². The summed E-state index contributed by atoms with van der Waals surface area (Å²) in [4.78, 5) is 24.3. The maximum absolute atomic E-state index is 14.5. The van der Waals surface area contributed by atoms with E-state index in [1.54, 1.807) is 18.3 Å². The Morgan fingerprint density at radius 2 is 2.31 bits per heavy atom. The van der Waals surface area contributed by atoms with Gasteiger partial charge in [-0.15, -0.1) is 0 Å². The molecule has 2 heterocycles. The number of ether oxygens (including phenoxy) is 1. The van der Waals surface area contributed by atoms with Crippen LogP contribution in [-0.4, -0.2) is 41.0 Å². The molecule has 1 atom stereocenters. The topological polar surface area (TPSA) is 100 Å². The van der Waals surface area contributed by atoms with E-state index >= 15 is 0 Å².